The Morgan fingerprint density at radius 2 is 2.12 bits per heavy atom. The van der Waals surface area contributed by atoms with E-state index in [1.807, 2.05) is 5.38 Å². The molecule has 0 fully saturated rings. The fourth-order valence-electron chi connectivity index (χ4n) is 2.41. The number of hydrazone groups is 1. The Balaban J connectivity index is 2.24. The number of anilines is 1. The number of thiophene rings is 1. The average Bonchev–Trinajstić information content (AvgIpc) is 2.90. The Labute approximate surface area is 144 Å². The number of ether oxygens (including phenoxy) is 1. The van der Waals surface area contributed by atoms with E-state index < -0.39 is 11.9 Å². The van der Waals surface area contributed by atoms with Crippen LogP contribution >= 0.6 is 11.3 Å². The Morgan fingerprint density at radius 3 is 2.71 bits per heavy atom. The van der Waals surface area contributed by atoms with E-state index in [1.54, 1.807) is 0 Å². The van der Waals surface area contributed by atoms with Crippen LogP contribution in [0.1, 0.15) is 42.6 Å². The van der Waals surface area contributed by atoms with Gasteiger partial charge in [0.2, 0.25) is 5.91 Å². The van der Waals surface area contributed by atoms with Crippen LogP contribution in [-0.4, -0.2) is 42.7 Å². The molecule has 1 N–H and O–H groups in total. The summed E-state index contributed by atoms with van der Waals surface area (Å²) in [5.74, 6) is -0.636. The van der Waals surface area contributed by atoms with Crippen molar-refractivity contribution in [2.24, 2.45) is 11.0 Å². The lowest BCUT2D eigenvalue weighted by molar-refractivity contribution is -0.130. The van der Waals surface area contributed by atoms with Gasteiger partial charge in [-0.15, -0.1) is 11.3 Å². The zero-order chi connectivity index (χ0) is 17.9. The van der Waals surface area contributed by atoms with Crippen LogP contribution in [0.5, 0.6) is 0 Å². The first-order valence-electron chi connectivity index (χ1n) is 7.67. The molecule has 0 saturated heterocycles. The maximum atomic E-state index is 12.4. The normalized spacial score (nSPS) is 14.6. The van der Waals surface area contributed by atoms with Crippen LogP contribution in [0.15, 0.2) is 10.5 Å². The number of hydrogen-bond donors (Lipinski definition) is 1. The van der Waals surface area contributed by atoms with Crippen LogP contribution < -0.4 is 5.32 Å². The molecule has 1 aliphatic rings. The minimum absolute atomic E-state index is 0.128. The van der Waals surface area contributed by atoms with E-state index >= 15 is 0 Å². The molecule has 0 aromatic carbocycles. The summed E-state index contributed by atoms with van der Waals surface area (Å²) in [6.07, 6.45) is 1.25. The van der Waals surface area contributed by atoms with Gasteiger partial charge < -0.3 is 10.1 Å². The largest absolute Gasteiger partial charge is 0.465 e. The summed E-state index contributed by atoms with van der Waals surface area (Å²) in [6, 6.07) is 0. The van der Waals surface area contributed by atoms with Gasteiger partial charge in [-0.25, -0.2) is 9.80 Å². The highest BCUT2D eigenvalue weighted by molar-refractivity contribution is 7.15. The van der Waals surface area contributed by atoms with Crippen molar-refractivity contribution >= 4 is 39.8 Å². The molecule has 2 rings (SSSR count). The molecule has 0 bridgehead atoms. The van der Waals surface area contributed by atoms with Gasteiger partial charge in [0.25, 0.3) is 5.91 Å². The lowest BCUT2D eigenvalue weighted by atomic mass is 10.0. The summed E-state index contributed by atoms with van der Waals surface area (Å²) in [5.41, 5.74) is 1.52. The second-order valence-electron chi connectivity index (χ2n) is 5.97. The van der Waals surface area contributed by atoms with Crippen molar-refractivity contribution in [2.45, 2.75) is 33.1 Å². The zero-order valence-electron chi connectivity index (χ0n) is 14.2. The van der Waals surface area contributed by atoms with E-state index in [0.29, 0.717) is 16.5 Å². The maximum Gasteiger partial charge on any atom is 0.341 e. The van der Waals surface area contributed by atoms with Crippen molar-refractivity contribution in [1.29, 1.82) is 0 Å². The molecule has 0 saturated carbocycles. The summed E-state index contributed by atoms with van der Waals surface area (Å²) in [5, 5.41) is 10.2. The second kappa shape index (κ2) is 7.57. The van der Waals surface area contributed by atoms with Crippen LogP contribution in [0, 0.1) is 5.92 Å². The minimum atomic E-state index is -0.472. The molecule has 0 atom stereocenters. The van der Waals surface area contributed by atoms with Gasteiger partial charge in [0.05, 0.1) is 12.7 Å². The molecular weight excluding hydrogens is 330 g/mol. The lowest BCUT2D eigenvalue weighted by Gasteiger charge is -2.18. The number of carbonyl (C=O) groups excluding carboxylic acids is 3. The van der Waals surface area contributed by atoms with Gasteiger partial charge >= 0.3 is 5.97 Å². The van der Waals surface area contributed by atoms with Crippen molar-refractivity contribution in [3.8, 4) is 0 Å². The van der Waals surface area contributed by atoms with Gasteiger partial charge in [-0.3, -0.25) is 9.59 Å². The molecule has 2 heterocycles. The predicted molar refractivity (Wildman–Crippen MR) is 92.3 cm³/mol. The number of esters is 1. The van der Waals surface area contributed by atoms with Crippen molar-refractivity contribution in [3.63, 3.8) is 0 Å². The van der Waals surface area contributed by atoms with Crippen LogP contribution in [0.3, 0.4) is 0 Å². The van der Waals surface area contributed by atoms with Crippen molar-refractivity contribution in [3.05, 3.63) is 16.5 Å². The van der Waals surface area contributed by atoms with Crippen LogP contribution in [-0.2, 0) is 20.7 Å². The smallest absolute Gasteiger partial charge is 0.341 e. The lowest BCUT2D eigenvalue weighted by Crippen LogP contribution is -2.34. The van der Waals surface area contributed by atoms with E-state index in [2.05, 4.69) is 24.3 Å². The predicted octanol–water partition coefficient (Wildman–Crippen LogP) is 2.28. The zero-order valence-corrected chi connectivity index (χ0v) is 15.0. The first kappa shape index (κ1) is 18.1. The summed E-state index contributed by atoms with van der Waals surface area (Å²) in [4.78, 5) is 35.9. The van der Waals surface area contributed by atoms with Crippen molar-refractivity contribution < 1.29 is 19.1 Å². The number of carbonyl (C=O) groups is 3. The Bertz CT molecular complexity index is 693. The third-order valence-electron chi connectivity index (χ3n) is 3.58. The molecule has 130 valence electrons. The Kier molecular flexibility index (Phi) is 5.71. The molecule has 0 aliphatic carbocycles. The number of hydrogen-bond acceptors (Lipinski definition) is 6. The number of nitrogens with zero attached hydrogens (tertiary/aromatic N) is 2. The fourth-order valence-corrected chi connectivity index (χ4v) is 3.37. The highest BCUT2D eigenvalue weighted by Crippen LogP contribution is 2.31. The monoisotopic (exact) mass is 351 g/mol. The third kappa shape index (κ3) is 4.00. The van der Waals surface area contributed by atoms with Crippen LogP contribution in [0.4, 0.5) is 5.00 Å². The Morgan fingerprint density at radius 1 is 1.42 bits per heavy atom. The number of nitrogens with one attached hydrogen (secondary N) is 1. The summed E-state index contributed by atoms with van der Waals surface area (Å²) in [6.45, 7) is 4.11. The van der Waals surface area contributed by atoms with Gasteiger partial charge in [-0.2, -0.15) is 5.10 Å². The number of methoxy groups -OCH3 is 1. The van der Waals surface area contributed by atoms with Crippen molar-refractivity contribution in [1.82, 2.24) is 5.01 Å². The number of amides is 2. The van der Waals surface area contributed by atoms with E-state index in [-0.39, 0.29) is 24.5 Å². The van der Waals surface area contributed by atoms with Crippen molar-refractivity contribution in [2.75, 3.05) is 19.5 Å². The second-order valence-corrected chi connectivity index (χ2v) is 6.85. The van der Waals surface area contributed by atoms with Crippen LogP contribution in [0.2, 0.25) is 0 Å². The molecule has 7 nitrogen and oxygen atoms in total. The first-order valence-corrected chi connectivity index (χ1v) is 8.55. The molecule has 0 radical (unpaired) electrons. The van der Waals surface area contributed by atoms with E-state index in [4.69, 9.17) is 4.74 Å². The van der Waals surface area contributed by atoms with Gasteiger partial charge in [-0.05, 0) is 23.3 Å². The fraction of sp³-hybridized carbons (Fsp3) is 0.500. The minimum Gasteiger partial charge on any atom is -0.465 e. The summed E-state index contributed by atoms with van der Waals surface area (Å²) >= 11 is 1.29. The highest BCUT2D eigenvalue weighted by atomic mass is 32.1. The van der Waals surface area contributed by atoms with Gasteiger partial charge in [0, 0.05) is 19.9 Å². The molecular formula is C16H21N3O4S. The Hall–Kier alpha value is -2.22. The molecule has 8 heteroatoms. The number of rotatable bonds is 5. The molecule has 2 amide bonds. The molecule has 1 aromatic heterocycles. The molecule has 24 heavy (non-hydrogen) atoms. The standard InChI is InChI=1S/C16H21N3O4S/c1-9(2)7-10-8-24-15(13(10)16(22)23-4)17-14(21)11-5-6-12(20)19(3)18-11/h8-9H,5-7H2,1-4H3,(H,17,21). The van der Waals surface area contributed by atoms with E-state index in [0.717, 1.165) is 17.0 Å². The summed E-state index contributed by atoms with van der Waals surface area (Å²) < 4.78 is 4.85. The van der Waals surface area contributed by atoms with E-state index in [9.17, 15) is 14.4 Å². The molecule has 1 aliphatic heterocycles. The molecule has 1 aromatic rings. The molecule has 0 unspecified atom stereocenters. The SMILES string of the molecule is COC(=O)c1c(CC(C)C)csc1NC(=O)C1=NN(C)C(=O)CC1. The van der Waals surface area contributed by atoms with Crippen LogP contribution in [0.25, 0.3) is 0 Å². The van der Waals surface area contributed by atoms with Gasteiger partial charge in [0.1, 0.15) is 10.7 Å². The van der Waals surface area contributed by atoms with Gasteiger partial charge in [0.15, 0.2) is 0 Å². The highest BCUT2D eigenvalue weighted by Gasteiger charge is 2.26. The van der Waals surface area contributed by atoms with Gasteiger partial charge in [-0.1, -0.05) is 13.8 Å². The molecule has 0 spiro atoms. The quantitative estimate of drug-likeness (QED) is 0.824. The third-order valence-corrected chi connectivity index (χ3v) is 4.53. The average molecular weight is 351 g/mol. The summed E-state index contributed by atoms with van der Waals surface area (Å²) in [7, 11) is 2.83. The first-order chi connectivity index (χ1) is 11.3. The topological polar surface area (TPSA) is 88.1 Å². The maximum absolute atomic E-state index is 12.4. The van der Waals surface area contributed by atoms with E-state index in [1.165, 1.54) is 25.5 Å².